The van der Waals surface area contributed by atoms with Crippen molar-refractivity contribution in [3.63, 3.8) is 0 Å². The van der Waals surface area contributed by atoms with Crippen LogP contribution in [-0.4, -0.2) is 11.8 Å². The third-order valence-corrected chi connectivity index (χ3v) is 7.19. The molecule has 166 valence electrons. The van der Waals surface area contributed by atoms with Crippen molar-refractivity contribution in [2.75, 3.05) is 10.6 Å². The Labute approximate surface area is 202 Å². The van der Waals surface area contributed by atoms with E-state index in [4.69, 9.17) is 0 Å². The molecule has 1 aromatic heterocycles. The molecule has 4 nitrogen and oxygen atoms in total. The van der Waals surface area contributed by atoms with Gasteiger partial charge in [0.1, 0.15) is 5.25 Å². The zero-order valence-electron chi connectivity index (χ0n) is 18.4. The summed E-state index contributed by atoms with van der Waals surface area (Å²) in [6.07, 6.45) is 0. The molecule has 0 aliphatic rings. The van der Waals surface area contributed by atoms with E-state index >= 15 is 0 Å². The summed E-state index contributed by atoms with van der Waals surface area (Å²) in [5, 5.41) is 7.46. The van der Waals surface area contributed by atoms with E-state index in [1.165, 1.54) is 23.1 Å². The van der Waals surface area contributed by atoms with Gasteiger partial charge in [0, 0.05) is 16.3 Å². The maximum Gasteiger partial charge on any atom is 0.265 e. The number of thiophene rings is 1. The first-order chi connectivity index (χ1) is 16.0. The second-order valence-corrected chi connectivity index (χ2v) is 9.80. The third kappa shape index (κ3) is 5.92. The number of anilines is 2. The number of nitrogens with one attached hydrogen (secondary N) is 2. The molecular formula is C27H24N2O2S2. The van der Waals surface area contributed by atoms with Gasteiger partial charge in [0.15, 0.2) is 0 Å². The molecule has 0 saturated heterocycles. The molecule has 4 aromatic rings. The zero-order valence-corrected chi connectivity index (χ0v) is 20.0. The van der Waals surface area contributed by atoms with E-state index in [1.807, 2.05) is 92.0 Å². The fraction of sp³-hybridized carbons (Fsp3) is 0.111. The van der Waals surface area contributed by atoms with Crippen LogP contribution < -0.4 is 10.6 Å². The van der Waals surface area contributed by atoms with E-state index in [-0.39, 0.29) is 11.8 Å². The molecule has 33 heavy (non-hydrogen) atoms. The molecule has 6 heteroatoms. The van der Waals surface area contributed by atoms with Crippen LogP contribution in [0.2, 0.25) is 0 Å². The van der Waals surface area contributed by atoms with E-state index in [0.29, 0.717) is 10.6 Å². The van der Waals surface area contributed by atoms with Crippen LogP contribution in [0.5, 0.6) is 0 Å². The van der Waals surface area contributed by atoms with Gasteiger partial charge < -0.3 is 10.6 Å². The van der Waals surface area contributed by atoms with Crippen LogP contribution in [0.15, 0.2) is 95.2 Å². The normalized spacial score (nSPS) is 11.6. The van der Waals surface area contributed by atoms with Gasteiger partial charge in [-0.2, -0.15) is 0 Å². The fourth-order valence-corrected chi connectivity index (χ4v) is 5.14. The average molecular weight is 473 g/mol. The van der Waals surface area contributed by atoms with Crippen molar-refractivity contribution in [2.24, 2.45) is 0 Å². The summed E-state index contributed by atoms with van der Waals surface area (Å²) < 4.78 is 0. The van der Waals surface area contributed by atoms with Crippen LogP contribution in [0.25, 0.3) is 0 Å². The molecule has 0 spiro atoms. The highest BCUT2D eigenvalue weighted by molar-refractivity contribution is 8.00. The predicted octanol–water partition coefficient (Wildman–Crippen LogP) is 7.09. The Balaban J connectivity index is 1.56. The monoisotopic (exact) mass is 472 g/mol. The van der Waals surface area contributed by atoms with Crippen molar-refractivity contribution in [1.29, 1.82) is 0 Å². The quantitative estimate of drug-likeness (QED) is 0.282. The largest absolute Gasteiger partial charge is 0.325 e. The molecule has 0 fully saturated rings. The van der Waals surface area contributed by atoms with Crippen LogP contribution >= 0.6 is 23.1 Å². The Kier molecular flexibility index (Phi) is 7.27. The Morgan fingerprint density at radius 3 is 2.39 bits per heavy atom. The summed E-state index contributed by atoms with van der Waals surface area (Å²) in [5.41, 5.74) is 4.60. The minimum atomic E-state index is -0.449. The minimum absolute atomic E-state index is 0.0915. The van der Waals surface area contributed by atoms with E-state index < -0.39 is 5.25 Å². The van der Waals surface area contributed by atoms with Crippen LogP contribution in [-0.2, 0) is 4.79 Å². The maximum atomic E-state index is 13.4. The molecule has 0 bridgehead atoms. The van der Waals surface area contributed by atoms with Crippen molar-refractivity contribution in [3.8, 4) is 0 Å². The number of aryl methyl sites for hydroxylation is 2. The van der Waals surface area contributed by atoms with Gasteiger partial charge in [-0.3, -0.25) is 9.59 Å². The lowest BCUT2D eigenvalue weighted by Gasteiger charge is -2.18. The van der Waals surface area contributed by atoms with E-state index in [9.17, 15) is 9.59 Å². The Morgan fingerprint density at radius 1 is 0.848 bits per heavy atom. The Morgan fingerprint density at radius 2 is 1.67 bits per heavy atom. The summed E-state index contributed by atoms with van der Waals surface area (Å²) in [6.45, 7) is 4.03. The Bertz CT molecular complexity index is 1250. The first-order valence-electron chi connectivity index (χ1n) is 10.5. The Hall–Kier alpha value is -3.35. The maximum absolute atomic E-state index is 13.4. The van der Waals surface area contributed by atoms with E-state index in [2.05, 4.69) is 16.7 Å². The topological polar surface area (TPSA) is 58.2 Å². The molecule has 4 rings (SSSR count). The molecular weight excluding hydrogens is 448 g/mol. The smallest absolute Gasteiger partial charge is 0.265 e. The minimum Gasteiger partial charge on any atom is -0.325 e. The first-order valence-corrected chi connectivity index (χ1v) is 12.3. The van der Waals surface area contributed by atoms with Crippen LogP contribution in [0.4, 0.5) is 11.4 Å². The summed E-state index contributed by atoms with van der Waals surface area (Å²) >= 11 is 2.86. The number of thioether (sulfide) groups is 1. The SMILES string of the molecule is Cc1ccc(NC(=O)C(Sc2cccc(NC(=O)c3cccs3)c2)c2ccccc2)c(C)c1. The molecule has 2 amide bonds. The number of benzene rings is 3. The lowest BCUT2D eigenvalue weighted by Crippen LogP contribution is -2.19. The van der Waals surface area contributed by atoms with Crippen LogP contribution in [0, 0.1) is 13.8 Å². The number of hydrogen-bond donors (Lipinski definition) is 2. The highest BCUT2D eigenvalue weighted by atomic mass is 32.2. The van der Waals surface area contributed by atoms with Crippen molar-refractivity contribution >= 4 is 46.3 Å². The highest BCUT2D eigenvalue weighted by Crippen LogP contribution is 2.37. The fourth-order valence-electron chi connectivity index (χ4n) is 3.44. The lowest BCUT2D eigenvalue weighted by molar-refractivity contribution is -0.115. The lowest BCUT2D eigenvalue weighted by atomic mass is 10.1. The number of carbonyl (C=O) groups is 2. The van der Waals surface area contributed by atoms with Gasteiger partial charge in [0.05, 0.1) is 4.88 Å². The predicted molar refractivity (Wildman–Crippen MR) is 138 cm³/mol. The number of carbonyl (C=O) groups excluding carboxylic acids is 2. The molecule has 0 aliphatic carbocycles. The highest BCUT2D eigenvalue weighted by Gasteiger charge is 2.23. The second kappa shape index (κ2) is 10.5. The second-order valence-electron chi connectivity index (χ2n) is 7.68. The molecule has 0 saturated carbocycles. The molecule has 1 heterocycles. The van der Waals surface area contributed by atoms with Crippen molar-refractivity contribution in [3.05, 3.63) is 112 Å². The van der Waals surface area contributed by atoms with Gasteiger partial charge in [-0.15, -0.1) is 23.1 Å². The number of rotatable bonds is 7. The molecule has 3 aromatic carbocycles. The third-order valence-electron chi connectivity index (χ3n) is 5.07. The van der Waals surface area contributed by atoms with E-state index in [1.54, 1.807) is 6.07 Å². The molecule has 0 radical (unpaired) electrons. The molecule has 2 N–H and O–H groups in total. The van der Waals surface area contributed by atoms with Gasteiger partial charge in [-0.1, -0.05) is 60.2 Å². The van der Waals surface area contributed by atoms with Crippen molar-refractivity contribution in [2.45, 2.75) is 24.0 Å². The van der Waals surface area contributed by atoms with Gasteiger partial charge in [-0.05, 0) is 60.7 Å². The summed E-state index contributed by atoms with van der Waals surface area (Å²) in [4.78, 5) is 27.3. The molecule has 1 atom stereocenters. The summed E-state index contributed by atoms with van der Waals surface area (Å²) in [6, 6.07) is 26.9. The van der Waals surface area contributed by atoms with Crippen LogP contribution in [0.3, 0.4) is 0 Å². The van der Waals surface area contributed by atoms with Gasteiger partial charge in [0.25, 0.3) is 5.91 Å². The first kappa shape index (κ1) is 22.8. The summed E-state index contributed by atoms with van der Waals surface area (Å²) in [5.74, 6) is -0.231. The van der Waals surface area contributed by atoms with Crippen LogP contribution in [0.1, 0.15) is 31.6 Å². The van der Waals surface area contributed by atoms with Crippen molar-refractivity contribution in [1.82, 2.24) is 0 Å². The average Bonchev–Trinajstić information content (AvgIpc) is 3.35. The van der Waals surface area contributed by atoms with Gasteiger partial charge in [-0.25, -0.2) is 0 Å². The van der Waals surface area contributed by atoms with Crippen molar-refractivity contribution < 1.29 is 9.59 Å². The van der Waals surface area contributed by atoms with Gasteiger partial charge >= 0.3 is 0 Å². The van der Waals surface area contributed by atoms with Gasteiger partial charge in [0.2, 0.25) is 5.91 Å². The number of hydrogen-bond acceptors (Lipinski definition) is 4. The molecule has 1 unspecified atom stereocenters. The van der Waals surface area contributed by atoms with E-state index in [0.717, 1.165) is 27.3 Å². The number of amides is 2. The standard InChI is InChI=1S/C27H24N2O2S2/c1-18-13-14-23(19(2)16-18)29-27(31)25(20-8-4-3-5-9-20)33-22-11-6-10-21(17-22)28-26(30)24-12-7-15-32-24/h3-17,25H,1-2H3,(H,28,30)(H,29,31). The molecule has 0 aliphatic heterocycles. The zero-order chi connectivity index (χ0) is 23.2. The summed E-state index contributed by atoms with van der Waals surface area (Å²) in [7, 11) is 0.